The maximum absolute atomic E-state index is 12.7. The van der Waals surface area contributed by atoms with E-state index in [0.29, 0.717) is 17.4 Å². The van der Waals surface area contributed by atoms with Crippen molar-refractivity contribution in [3.8, 4) is 0 Å². The Morgan fingerprint density at radius 3 is 1.36 bits per heavy atom. The molecule has 0 bridgehead atoms. The Morgan fingerprint density at radius 2 is 0.911 bits per heavy atom. The second-order valence-corrected chi connectivity index (χ2v) is 18.5. The van der Waals surface area contributed by atoms with Crippen LogP contribution in [0.2, 0.25) is 0 Å². The van der Waals surface area contributed by atoms with Gasteiger partial charge in [0.05, 0.1) is 27.7 Å². The minimum absolute atomic E-state index is 0.0277. The van der Waals surface area contributed by atoms with Crippen LogP contribution >= 0.6 is 7.82 Å². The lowest BCUT2D eigenvalue weighted by Crippen LogP contribution is -2.37. The Hall–Kier alpha value is -1.25. The third kappa shape index (κ3) is 42.4. The monoisotopic (exact) mass is 816 g/mol. The standard InChI is InChI=1S/C46H90NO8P/c1-6-8-10-12-14-16-18-20-22-23-25-27-29-31-33-35-37-39-46(49)55-44(43-54-56(50,51)53-41-40-47(3,4)5)42-52-45(48)38-36-34-32-30-28-26-24-21-19-17-15-13-11-9-7-2/h14,16,44H,6-13,15,17-43H2,1-5H3/b16-14-/t44-/m1/s1. The van der Waals surface area contributed by atoms with Gasteiger partial charge >= 0.3 is 11.9 Å². The highest BCUT2D eigenvalue weighted by Gasteiger charge is 2.21. The van der Waals surface area contributed by atoms with Crippen molar-refractivity contribution in [2.75, 3.05) is 47.5 Å². The number of ether oxygens (including phenoxy) is 2. The molecule has 0 aliphatic heterocycles. The number of hydrogen-bond acceptors (Lipinski definition) is 8. The van der Waals surface area contributed by atoms with Crippen LogP contribution in [0, 0.1) is 0 Å². The van der Waals surface area contributed by atoms with Crippen LogP contribution in [-0.2, 0) is 32.7 Å². The summed E-state index contributed by atoms with van der Waals surface area (Å²) in [4.78, 5) is 37.6. The molecule has 0 aromatic heterocycles. The van der Waals surface area contributed by atoms with Gasteiger partial charge in [0.2, 0.25) is 0 Å². The topological polar surface area (TPSA) is 111 Å². The summed E-state index contributed by atoms with van der Waals surface area (Å²) >= 11 is 0. The first-order valence-electron chi connectivity index (χ1n) is 23.4. The minimum Gasteiger partial charge on any atom is -0.756 e. The lowest BCUT2D eigenvalue weighted by molar-refractivity contribution is -0.870. The molecule has 0 rings (SSSR count). The normalized spacial score (nSPS) is 13.6. The number of quaternary nitrogens is 1. The van der Waals surface area contributed by atoms with E-state index in [1.54, 1.807) is 0 Å². The number of carbonyl (C=O) groups is 2. The Balaban J connectivity index is 4.29. The molecule has 0 aromatic carbocycles. The molecule has 56 heavy (non-hydrogen) atoms. The highest BCUT2D eigenvalue weighted by molar-refractivity contribution is 7.45. The van der Waals surface area contributed by atoms with Gasteiger partial charge in [-0.05, 0) is 38.5 Å². The van der Waals surface area contributed by atoms with Crippen LogP contribution in [0.25, 0.3) is 0 Å². The second kappa shape index (κ2) is 39.2. The highest BCUT2D eigenvalue weighted by Crippen LogP contribution is 2.38. The molecule has 1 unspecified atom stereocenters. The van der Waals surface area contributed by atoms with Crippen molar-refractivity contribution < 1.29 is 42.1 Å². The van der Waals surface area contributed by atoms with E-state index >= 15 is 0 Å². The summed E-state index contributed by atoms with van der Waals surface area (Å²) in [5, 5.41) is 0. The molecule has 332 valence electrons. The smallest absolute Gasteiger partial charge is 0.306 e. The van der Waals surface area contributed by atoms with E-state index in [0.717, 1.165) is 38.5 Å². The molecular weight excluding hydrogens is 725 g/mol. The number of carbonyl (C=O) groups excluding carboxylic acids is 2. The molecule has 0 aromatic rings. The molecule has 0 saturated carbocycles. The molecule has 10 heteroatoms. The Kier molecular flexibility index (Phi) is 38.3. The van der Waals surface area contributed by atoms with Gasteiger partial charge in [-0.3, -0.25) is 14.2 Å². The summed E-state index contributed by atoms with van der Waals surface area (Å²) in [6, 6.07) is 0. The molecule has 0 aliphatic rings. The van der Waals surface area contributed by atoms with Crippen molar-refractivity contribution in [2.24, 2.45) is 0 Å². The van der Waals surface area contributed by atoms with E-state index in [-0.39, 0.29) is 32.0 Å². The molecular formula is C46H90NO8P. The first-order valence-corrected chi connectivity index (χ1v) is 24.9. The second-order valence-electron chi connectivity index (χ2n) is 17.1. The molecule has 0 N–H and O–H groups in total. The van der Waals surface area contributed by atoms with Crippen LogP contribution in [0.3, 0.4) is 0 Å². The summed E-state index contributed by atoms with van der Waals surface area (Å²) in [7, 11) is 1.18. The number of likely N-dealkylation sites (N-methyl/N-ethyl adjacent to an activating group) is 1. The largest absolute Gasteiger partial charge is 0.756 e. The molecule has 2 atom stereocenters. The van der Waals surface area contributed by atoms with Gasteiger partial charge in [0.15, 0.2) is 6.10 Å². The summed E-state index contributed by atoms with van der Waals surface area (Å²) in [6.45, 7) is 4.24. The van der Waals surface area contributed by atoms with Crippen LogP contribution in [-0.4, -0.2) is 70.0 Å². The fourth-order valence-corrected chi connectivity index (χ4v) is 7.32. The fraction of sp³-hybridized carbons (Fsp3) is 0.913. The quantitative estimate of drug-likeness (QED) is 0.0197. The number of hydrogen-bond donors (Lipinski definition) is 0. The number of rotatable bonds is 43. The van der Waals surface area contributed by atoms with Crippen molar-refractivity contribution in [3.63, 3.8) is 0 Å². The zero-order valence-electron chi connectivity index (χ0n) is 37.3. The molecule has 0 amide bonds. The molecule has 0 fully saturated rings. The van der Waals surface area contributed by atoms with Crippen LogP contribution in [0.4, 0.5) is 0 Å². The first-order chi connectivity index (χ1) is 27.0. The zero-order valence-corrected chi connectivity index (χ0v) is 38.2. The van der Waals surface area contributed by atoms with E-state index in [4.69, 9.17) is 18.5 Å². The van der Waals surface area contributed by atoms with Gasteiger partial charge in [-0.25, -0.2) is 0 Å². The van der Waals surface area contributed by atoms with E-state index in [1.807, 2.05) is 21.1 Å². The van der Waals surface area contributed by atoms with Gasteiger partial charge in [0.1, 0.15) is 19.8 Å². The Labute approximate surface area is 346 Å². The average molecular weight is 816 g/mol. The summed E-state index contributed by atoms with van der Waals surface area (Å²) < 4.78 is 34.0. The van der Waals surface area contributed by atoms with Gasteiger partial charge in [-0.2, -0.15) is 0 Å². The van der Waals surface area contributed by atoms with Crippen LogP contribution in [0.1, 0.15) is 219 Å². The van der Waals surface area contributed by atoms with Gasteiger partial charge in [-0.15, -0.1) is 0 Å². The summed E-state index contributed by atoms with van der Waals surface area (Å²) in [6.07, 6.45) is 40.8. The van der Waals surface area contributed by atoms with Crippen LogP contribution in [0.5, 0.6) is 0 Å². The SMILES string of the molecule is CCCCC/C=C\CCCCCCCCCCCCC(=O)O[C@H](COC(=O)CCCCCCCCCCCCCCCCC)COP(=O)([O-])OCC[N+](C)(C)C. The van der Waals surface area contributed by atoms with Crippen molar-refractivity contribution in [1.82, 2.24) is 0 Å². The van der Waals surface area contributed by atoms with Crippen molar-refractivity contribution in [2.45, 2.75) is 225 Å². The number of esters is 2. The van der Waals surface area contributed by atoms with E-state index in [9.17, 15) is 19.0 Å². The van der Waals surface area contributed by atoms with Crippen LogP contribution < -0.4 is 4.89 Å². The van der Waals surface area contributed by atoms with Crippen molar-refractivity contribution in [1.29, 1.82) is 0 Å². The molecule has 0 heterocycles. The maximum Gasteiger partial charge on any atom is 0.306 e. The predicted octanol–water partition coefficient (Wildman–Crippen LogP) is 12.7. The fourth-order valence-electron chi connectivity index (χ4n) is 6.59. The lowest BCUT2D eigenvalue weighted by Gasteiger charge is -2.28. The van der Waals surface area contributed by atoms with Crippen molar-refractivity contribution >= 4 is 19.8 Å². The number of unbranched alkanes of at least 4 members (excludes halogenated alkanes) is 27. The zero-order chi connectivity index (χ0) is 41.4. The Morgan fingerprint density at radius 1 is 0.536 bits per heavy atom. The van der Waals surface area contributed by atoms with Gasteiger partial charge in [0.25, 0.3) is 7.82 Å². The van der Waals surface area contributed by atoms with E-state index < -0.39 is 26.5 Å². The third-order valence-electron chi connectivity index (χ3n) is 10.3. The maximum atomic E-state index is 12.7. The van der Waals surface area contributed by atoms with Gasteiger partial charge in [-0.1, -0.05) is 180 Å². The van der Waals surface area contributed by atoms with Gasteiger partial charge < -0.3 is 27.9 Å². The number of phosphoric acid groups is 1. The average Bonchev–Trinajstić information content (AvgIpc) is 3.15. The molecule has 9 nitrogen and oxygen atoms in total. The highest BCUT2D eigenvalue weighted by atomic mass is 31.2. The summed E-state index contributed by atoms with van der Waals surface area (Å²) in [5.74, 6) is -0.824. The lowest BCUT2D eigenvalue weighted by atomic mass is 10.0. The van der Waals surface area contributed by atoms with Crippen molar-refractivity contribution in [3.05, 3.63) is 12.2 Å². The first kappa shape index (κ1) is 54.8. The minimum atomic E-state index is -4.62. The van der Waals surface area contributed by atoms with Gasteiger partial charge in [0, 0.05) is 12.8 Å². The number of nitrogens with zero attached hydrogens (tertiary/aromatic N) is 1. The third-order valence-corrected chi connectivity index (χ3v) is 11.2. The molecule has 0 spiro atoms. The number of phosphoric ester groups is 1. The van der Waals surface area contributed by atoms with E-state index in [2.05, 4.69) is 26.0 Å². The van der Waals surface area contributed by atoms with Crippen LogP contribution in [0.15, 0.2) is 12.2 Å². The molecule has 0 radical (unpaired) electrons. The Bertz CT molecular complexity index is 969. The van der Waals surface area contributed by atoms with E-state index in [1.165, 1.54) is 148 Å². The molecule has 0 aliphatic carbocycles. The summed E-state index contributed by atoms with van der Waals surface area (Å²) in [5.41, 5.74) is 0. The number of allylic oxidation sites excluding steroid dienone is 2. The predicted molar refractivity (Wildman–Crippen MR) is 231 cm³/mol. The molecule has 0 saturated heterocycles.